The lowest BCUT2D eigenvalue weighted by atomic mass is 10.0. The van der Waals surface area contributed by atoms with Crippen molar-refractivity contribution in [3.8, 4) is 11.5 Å². The molecule has 0 aliphatic heterocycles. The molecule has 0 N–H and O–H groups in total. The number of hydrogen-bond acceptors (Lipinski definition) is 3. The summed E-state index contributed by atoms with van der Waals surface area (Å²) in [6.07, 6.45) is 6.72. The van der Waals surface area contributed by atoms with Crippen LogP contribution in [0.1, 0.15) is 42.9 Å². The van der Waals surface area contributed by atoms with Gasteiger partial charge in [-0.05, 0) is 54.0 Å². The second kappa shape index (κ2) is 5.93. The highest BCUT2D eigenvalue weighted by Gasteiger charge is 2.24. The van der Waals surface area contributed by atoms with Crippen LogP contribution in [0.25, 0.3) is 11.5 Å². The Kier molecular flexibility index (Phi) is 4.21. The largest absolute Gasteiger partial charge is 0.253 e. The Labute approximate surface area is 137 Å². The molecule has 1 aliphatic carbocycles. The average Bonchev–Trinajstić information content (AvgIpc) is 2.96. The van der Waals surface area contributed by atoms with E-state index in [4.69, 9.17) is 16.6 Å². The second-order valence-electron chi connectivity index (χ2n) is 5.19. The third-order valence-electron chi connectivity index (χ3n) is 3.80. The van der Waals surface area contributed by atoms with Crippen molar-refractivity contribution < 1.29 is 0 Å². The summed E-state index contributed by atoms with van der Waals surface area (Å²) in [4.78, 5) is 13.6. The lowest BCUT2D eigenvalue weighted by molar-refractivity contribution is 0.690. The van der Waals surface area contributed by atoms with Gasteiger partial charge in [0.2, 0.25) is 0 Å². The zero-order valence-corrected chi connectivity index (χ0v) is 14.1. The van der Waals surface area contributed by atoms with E-state index in [1.165, 1.54) is 25.7 Å². The zero-order chi connectivity index (χ0) is 14.1. The van der Waals surface area contributed by atoms with Gasteiger partial charge in [0.1, 0.15) is 10.8 Å². The number of rotatable bonds is 2. The molecule has 2 aromatic heterocycles. The molecule has 2 aromatic rings. The Morgan fingerprint density at radius 2 is 2.00 bits per heavy atom. The second-order valence-corrected chi connectivity index (χ2v) is 6.62. The molecule has 0 bridgehead atoms. The quantitative estimate of drug-likeness (QED) is 0.540. The van der Waals surface area contributed by atoms with Gasteiger partial charge in [-0.3, -0.25) is 4.98 Å². The van der Waals surface area contributed by atoms with Gasteiger partial charge in [-0.1, -0.05) is 30.5 Å². The summed E-state index contributed by atoms with van der Waals surface area (Å²) < 4.78 is 0.994. The number of aromatic nitrogens is 3. The Morgan fingerprint density at radius 1 is 1.25 bits per heavy atom. The predicted molar refractivity (Wildman–Crippen MR) is 88.9 cm³/mol. The van der Waals surface area contributed by atoms with Crippen molar-refractivity contribution >= 4 is 34.2 Å². The standard InChI is InChI=1S/C15H15ClIN3/c1-9-5-4-8-18-12(9)15-19-13(10-6-2-3-7-10)11(17)14(16)20-15/h4-5,8,10H,2-3,6-7H2,1H3. The topological polar surface area (TPSA) is 38.7 Å². The monoisotopic (exact) mass is 399 g/mol. The van der Waals surface area contributed by atoms with Crippen LogP contribution in [0.4, 0.5) is 0 Å². The summed E-state index contributed by atoms with van der Waals surface area (Å²) in [6.45, 7) is 2.02. The molecule has 1 fully saturated rings. The minimum Gasteiger partial charge on any atom is -0.253 e. The van der Waals surface area contributed by atoms with E-state index >= 15 is 0 Å². The summed E-state index contributed by atoms with van der Waals surface area (Å²) in [6, 6.07) is 3.94. The van der Waals surface area contributed by atoms with E-state index in [-0.39, 0.29) is 0 Å². The van der Waals surface area contributed by atoms with Gasteiger partial charge in [-0.15, -0.1) is 0 Å². The molecule has 2 heterocycles. The van der Waals surface area contributed by atoms with E-state index < -0.39 is 0 Å². The third kappa shape index (κ3) is 2.68. The van der Waals surface area contributed by atoms with E-state index in [1.807, 2.05) is 19.1 Å². The van der Waals surface area contributed by atoms with E-state index in [0.29, 0.717) is 16.9 Å². The van der Waals surface area contributed by atoms with Crippen molar-refractivity contribution in [3.05, 3.63) is 38.3 Å². The lowest BCUT2D eigenvalue weighted by Crippen LogP contribution is -2.05. The van der Waals surface area contributed by atoms with Crippen molar-refractivity contribution in [2.75, 3.05) is 0 Å². The Hall–Kier alpha value is -0.750. The number of nitrogens with zero attached hydrogens (tertiary/aromatic N) is 3. The summed E-state index contributed by atoms with van der Waals surface area (Å²) in [7, 11) is 0. The zero-order valence-electron chi connectivity index (χ0n) is 11.2. The number of halogens is 2. The fourth-order valence-corrected chi connectivity index (χ4v) is 3.59. The molecule has 3 nitrogen and oxygen atoms in total. The Bertz CT molecular complexity index is 639. The highest BCUT2D eigenvalue weighted by atomic mass is 127. The average molecular weight is 400 g/mol. The molecule has 20 heavy (non-hydrogen) atoms. The first-order valence-electron chi connectivity index (χ1n) is 6.81. The first kappa shape index (κ1) is 14.2. The van der Waals surface area contributed by atoms with Gasteiger partial charge >= 0.3 is 0 Å². The molecule has 1 aliphatic rings. The fourth-order valence-electron chi connectivity index (χ4n) is 2.73. The van der Waals surface area contributed by atoms with E-state index in [1.54, 1.807) is 6.20 Å². The summed E-state index contributed by atoms with van der Waals surface area (Å²) >= 11 is 8.58. The maximum Gasteiger partial charge on any atom is 0.180 e. The highest BCUT2D eigenvalue weighted by Crippen LogP contribution is 2.37. The molecule has 0 atom stereocenters. The molecule has 1 saturated carbocycles. The summed E-state index contributed by atoms with van der Waals surface area (Å²) in [5, 5.41) is 0.544. The molecular formula is C15H15ClIN3. The maximum atomic E-state index is 6.31. The predicted octanol–water partition coefficient (Wildman–Crippen LogP) is 4.76. The number of pyridine rings is 1. The lowest BCUT2D eigenvalue weighted by Gasteiger charge is -2.13. The molecule has 3 rings (SSSR count). The van der Waals surface area contributed by atoms with Crippen LogP contribution < -0.4 is 0 Å². The molecular weight excluding hydrogens is 385 g/mol. The summed E-state index contributed by atoms with van der Waals surface area (Å²) in [5.41, 5.74) is 3.00. The smallest absolute Gasteiger partial charge is 0.180 e. The number of hydrogen-bond donors (Lipinski definition) is 0. The minimum absolute atomic E-state index is 0.519. The molecule has 0 unspecified atom stereocenters. The van der Waals surface area contributed by atoms with Gasteiger partial charge in [0.25, 0.3) is 0 Å². The first-order chi connectivity index (χ1) is 9.66. The molecule has 5 heteroatoms. The van der Waals surface area contributed by atoms with Crippen LogP contribution in [0.2, 0.25) is 5.15 Å². The molecule has 0 aromatic carbocycles. The third-order valence-corrected chi connectivity index (χ3v) is 5.46. The van der Waals surface area contributed by atoms with Gasteiger partial charge in [0, 0.05) is 12.1 Å². The normalized spacial score (nSPS) is 15.8. The van der Waals surface area contributed by atoms with Crippen molar-refractivity contribution in [1.29, 1.82) is 0 Å². The van der Waals surface area contributed by atoms with Crippen LogP contribution in [0.5, 0.6) is 0 Å². The Balaban J connectivity index is 2.11. The highest BCUT2D eigenvalue weighted by molar-refractivity contribution is 14.1. The van der Waals surface area contributed by atoms with Crippen molar-refractivity contribution in [2.45, 2.75) is 38.5 Å². The van der Waals surface area contributed by atoms with Gasteiger partial charge < -0.3 is 0 Å². The molecule has 0 amide bonds. The maximum absolute atomic E-state index is 6.31. The van der Waals surface area contributed by atoms with Crippen LogP contribution in [-0.4, -0.2) is 15.0 Å². The van der Waals surface area contributed by atoms with E-state index in [2.05, 4.69) is 32.6 Å². The van der Waals surface area contributed by atoms with Crippen molar-refractivity contribution in [1.82, 2.24) is 15.0 Å². The van der Waals surface area contributed by atoms with Crippen LogP contribution >= 0.6 is 34.2 Å². The van der Waals surface area contributed by atoms with E-state index in [9.17, 15) is 0 Å². The Morgan fingerprint density at radius 3 is 2.70 bits per heavy atom. The number of aryl methyl sites for hydroxylation is 1. The van der Waals surface area contributed by atoms with Crippen LogP contribution in [0.3, 0.4) is 0 Å². The van der Waals surface area contributed by atoms with Gasteiger partial charge in [0.15, 0.2) is 5.82 Å². The molecule has 0 radical (unpaired) electrons. The minimum atomic E-state index is 0.519. The van der Waals surface area contributed by atoms with Crippen LogP contribution in [0, 0.1) is 10.5 Å². The molecule has 0 saturated heterocycles. The summed E-state index contributed by atoms with van der Waals surface area (Å²) in [5.74, 6) is 1.17. The first-order valence-corrected chi connectivity index (χ1v) is 8.27. The van der Waals surface area contributed by atoms with Gasteiger partial charge in [-0.2, -0.15) is 0 Å². The van der Waals surface area contributed by atoms with E-state index in [0.717, 1.165) is 20.5 Å². The molecule has 0 spiro atoms. The van der Waals surface area contributed by atoms with Crippen LogP contribution in [-0.2, 0) is 0 Å². The molecule has 104 valence electrons. The SMILES string of the molecule is Cc1cccnc1-c1nc(Cl)c(I)c(C2CCCC2)n1. The van der Waals surface area contributed by atoms with Crippen LogP contribution in [0.15, 0.2) is 18.3 Å². The van der Waals surface area contributed by atoms with Crippen molar-refractivity contribution in [3.63, 3.8) is 0 Å². The van der Waals surface area contributed by atoms with Gasteiger partial charge in [-0.25, -0.2) is 9.97 Å². The van der Waals surface area contributed by atoms with Gasteiger partial charge in [0.05, 0.1) is 9.26 Å². The van der Waals surface area contributed by atoms with Crippen molar-refractivity contribution in [2.24, 2.45) is 0 Å². The fraction of sp³-hybridized carbons (Fsp3) is 0.400.